The second-order valence-corrected chi connectivity index (χ2v) is 6.64. The van der Waals surface area contributed by atoms with E-state index in [4.69, 9.17) is 4.42 Å². The summed E-state index contributed by atoms with van der Waals surface area (Å²) in [6, 6.07) is 3.47. The number of nitrogens with zero attached hydrogens (tertiary/aromatic N) is 1. The van der Waals surface area contributed by atoms with Gasteiger partial charge in [-0.1, -0.05) is 20.8 Å². The standard InChI is InChI=1S/C12H12BrNO3S/c1-12(2,3)11-14-8(10(15)16)9(18-11)6-4-5-7(13)17-6/h4-5H,1-3H3,(H,15,16). The Labute approximate surface area is 117 Å². The Morgan fingerprint density at radius 1 is 1.44 bits per heavy atom. The molecule has 1 N–H and O–H groups in total. The van der Waals surface area contributed by atoms with Crippen molar-refractivity contribution in [3.8, 4) is 10.6 Å². The SMILES string of the molecule is CC(C)(C)c1nc(C(=O)O)c(-c2ccc(Br)o2)s1. The first-order chi connectivity index (χ1) is 8.29. The second-order valence-electron chi connectivity index (χ2n) is 4.86. The number of hydrogen-bond donors (Lipinski definition) is 1. The summed E-state index contributed by atoms with van der Waals surface area (Å²) >= 11 is 4.56. The van der Waals surface area contributed by atoms with Crippen LogP contribution >= 0.6 is 27.3 Å². The van der Waals surface area contributed by atoms with Crippen LogP contribution < -0.4 is 0 Å². The van der Waals surface area contributed by atoms with Gasteiger partial charge in [0.25, 0.3) is 0 Å². The Kier molecular flexibility index (Phi) is 3.33. The number of carbonyl (C=O) groups is 1. The van der Waals surface area contributed by atoms with Crippen molar-refractivity contribution in [3.63, 3.8) is 0 Å². The van der Waals surface area contributed by atoms with Gasteiger partial charge in [-0.2, -0.15) is 0 Å². The first-order valence-electron chi connectivity index (χ1n) is 5.29. The largest absolute Gasteiger partial charge is 0.476 e. The lowest BCUT2D eigenvalue weighted by molar-refractivity contribution is 0.0691. The zero-order valence-corrected chi connectivity index (χ0v) is 12.6. The highest BCUT2D eigenvalue weighted by atomic mass is 79.9. The van der Waals surface area contributed by atoms with Crippen LogP contribution in [0.25, 0.3) is 10.6 Å². The minimum Gasteiger partial charge on any atom is -0.476 e. The number of halogens is 1. The van der Waals surface area contributed by atoms with Gasteiger partial charge in [-0.3, -0.25) is 0 Å². The van der Waals surface area contributed by atoms with Crippen molar-refractivity contribution in [2.45, 2.75) is 26.2 Å². The summed E-state index contributed by atoms with van der Waals surface area (Å²) in [5, 5.41) is 9.98. The van der Waals surface area contributed by atoms with Gasteiger partial charge < -0.3 is 9.52 Å². The third-order valence-electron chi connectivity index (χ3n) is 2.27. The quantitative estimate of drug-likeness (QED) is 0.898. The topological polar surface area (TPSA) is 63.3 Å². The summed E-state index contributed by atoms with van der Waals surface area (Å²) in [5.74, 6) is -0.517. The molecule has 0 aliphatic heterocycles. The molecule has 0 saturated heterocycles. The minimum atomic E-state index is -1.04. The Morgan fingerprint density at radius 3 is 2.56 bits per heavy atom. The zero-order chi connectivity index (χ0) is 13.5. The molecule has 2 aromatic rings. The molecule has 0 radical (unpaired) electrons. The van der Waals surface area contributed by atoms with Crippen LogP contribution in [0.4, 0.5) is 0 Å². The molecule has 4 nitrogen and oxygen atoms in total. The summed E-state index contributed by atoms with van der Waals surface area (Å²) in [7, 11) is 0. The van der Waals surface area contributed by atoms with Crippen molar-refractivity contribution >= 4 is 33.2 Å². The van der Waals surface area contributed by atoms with Gasteiger partial charge in [-0.05, 0) is 28.1 Å². The zero-order valence-electron chi connectivity index (χ0n) is 10.2. The fraction of sp³-hybridized carbons (Fsp3) is 0.333. The third-order valence-corrected chi connectivity index (χ3v) is 4.19. The number of aromatic nitrogens is 1. The predicted molar refractivity (Wildman–Crippen MR) is 73.2 cm³/mol. The smallest absolute Gasteiger partial charge is 0.356 e. The van der Waals surface area contributed by atoms with Crippen LogP contribution in [0.15, 0.2) is 21.2 Å². The number of carboxylic acids is 1. The van der Waals surface area contributed by atoms with Crippen molar-refractivity contribution in [1.29, 1.82) is 0 Å². The predicted octanol–water partition coefficient (Wildman–Crippen LogP) is 4.16. The van der Waals surface area contributed by atoms with Gasteiger partial charge in [-0.15, -0.1) is 11.3 Å². The number of carboxylic acid groups (broad SMARTS) is 1. The van der Waals surface area contributed by atoms with Gasteiger partial charge in [-0.25, -0.2) is 9.78 Å². The molecule has 0 fully saturated rings. The highest BCUT2D eigenvalue weighted by molar-refractivity contribution is 9.10. The van der Waals surface area contributed by atoms with Gasteiger partial charge in [0, 0.05) is 5.41 Å². The van der Waals surface area contributed by atoms with Gasteiger partial charge in [0.05, 0.1) is 5.01 Å². The number of furan rings is 1. The lowest BCUT2D eigenvalue weighted by atomic mass is 9.98. The highest BCUT2D eigenvalue weighted by Crippen LogP contribution is 2.37. The van der Waals surface area contributed by atoms with Gasteiger partial charge in [0.2, 0.25) is 0 Å². The minimum absolute atomic E-state index is 0.0479. The third kappa shape index (κ3) is 2.49. The fourth-order valence-corrected chi connectivity index (χ4v) is 2.77. The van der Waals surface area contributed by atoms with Gasteiger partial charge in [0.15, 0.2) is 10.4 Å². The van der Waals surface area contributed by atoms with Crippen molar-refractivity contribution in [2.24, 2.45) is 0 Å². The first-order valence-corrected chi connectivity index (χ1v) is 6.90. The molecule has 0 aliphatic rings. The molecule has 0 atom stereocenters. The summed E-state index contributed by atoms with van der Waals surface area (Å²) in [5.41, 5.74) is -0.136. The van der Waals surface area contributed by atoms with Gasteiger partial charge in [0.1, 0.15) is 10.6 Å². The van der Waals surface area contributed by atoms with Crippen LogP contribution in [0.2, 0.25) is 0 Å². The number of rotatable bonds is 2. The number of thiazole rings is 1. The molecular formula is C12H12BrNO3S. The maximum absolute atomic E-state index is 11.2. The van der Waals surface area contributed by atoms with Crippen LogP contribution in [0.5, 0.6) is 0 Å². The molecule has 0 unspecified atom stereocenters. The van der Waals surface area contributed by atoms with Crippen molar-refractivity contribution in [3.05, 3.63) is 27.5 Å². The first kappa shape index (κ1) is 13.3. The van der Waals surface area contributed by atoms with E-state index >= 15 is 0 Å². The molecule has 0 amide bonds. The molecular weight excluding hydrogens is 318 g/mol. The summed E-state index contributed by atoms with van der Waals surface area (Å²) in [6.45, 7) is 6.00. The second kappa shape index (κ2) is 4.51. The Bertz CT molecular complexity index is 595. The van der Waals surface area contributed by atoms with Gasteiger partial charge >= 0.3 is 5.97 Å². The van der Waals surface area contributed by atoms with E-state index in [2.05, 4.69) is 20.9 Å². The van der Waals surface area contributed by atoms with Crippen LogP contribution in [-0.2, 0) is 5.41 Å². The molecule has 0 spiro atoms. The lowest BCUT2D eigenvalue weighted by Crippen LogP contribution is -2.11. The maximum atomic E-state index is 11.2. The van der Waals surface area contributed by atoms with Crippen molar-refractivity contribution < 1.29 is 14.3 Å². The molecule has 2 heterocycles. The number of aromatic carboxylic acids is 1. The van der Waals surface area contributed by atoms with Crippen LogP contribution in [0.1, 0.15) is 36.3 Å². The Hall–Kier alpha value is -1.14. The van der Waals surface area contributed by atoms with E-state index < -0.39 is 5.97 Å². The molecule has 6 heteroatoms. The summed E-state index contributed by atoms with van der Waals surface area (Å²) < 4.78 is 5.98. The monoisotopic (exact) mass is 329 g/mol. The molecule has 2 rings (SSSR count). The maximum Gasteiger partial charge on any atom is 0.356 e. The average molecular weight is 330 g/mol. The van der Waals surface area contributed by atoms with E-state index in [0.717, 1.165) is 5.01 Å². The normalized spacial score (nSPS) is 11.8. The van der Waals surface area contributed by atoms with E-state index in [0.29, 0.717) is 15.3 Å². The van der Waals surface area contributed by atoms with Crippen molar-refractivity contribution in [1.82, 2.24) is 4.98 Å². The molecule has 0 aliphatic carbocycles. The molecule has 0 bridgehead atoms. The van der Waals surface area contributed by atoms with Crippen molar-refractivity contribution in [2.75, 3.05) is 0 Å². The van der Waals surface area contributed by atoms with Crippen LogP contribution in [-0.4, -0.2) is 16.1 Å². The average Bonchev–Trinajstić information content (AvgIpc) is 2.81. The molecule has 0 saturated carbocycles. The molecule has 0 aromatic carbocycles. The molecule has 2 aromatic heterocycles. The van der Waals surface area contributed by atoms with Crippen LogP contribution in [0, 0.1) is 0 Å². The molecule has 18 heavy (non-hydrogen) atoms. The highest BCUT2D eigenvalue weighted by Gasteiger charge is 2.26. The summed E-state index contributed by atoms with van der Waals surface area (Å²) in [4.78, 5) is 16.0. The number of hydrogen-bond acceptors (Lipinski definition) is 4. The van der Waals surface area contributed by atoms with E-state index in [-0.39, 0.29) is 11.1 Å². The van der Waals surface area contributed by atoms with E-state index in [1.807, 2.05) is 20.8 Å². The lowest BCUT2D eigenvalue weighted by Gasteiger charge is -2.13. The van der Waals surface area contributed by atoms with E-state index in [1.54, 1.807) is 12.1 Å². The Morgan fingerprint density at radius 2 is 2.11 bits per heavy atom. The van der Waals surface area contributed by atoms with Crippen LogP contribution in [0.3, 0.4) is 0 Å². The summed E-state index contributed by atoms with van der Waals surface area (Å²) in [6.07, 6.45) is 0. The van der Waals surface area contributed by atoms with E-state index in [9.17, 15) is 9.90 Å². The Balaban J connectivity index is 2.59. The fourth-order valence-electron chi connectivity index (χ4n) is 1.39. The van der Waals surface area contributed by atoms with E-state index in [1.165, 1.54) is 11.3 Å². The molecule has 96 valence electrons.